The first-order chi connectivity index (χ1) is 7.66. The Balaban J connectivity index is 1.82. The largest absolute Gasteiger partial charge is 0.334 e. The fraction of sp³-hybridized carbons (Fsp3) is 0.917. The van der Waals surface area contributed by atoms with Crippen LogP contribution in [0.5, 0.6) is 0 Å². The van der Waals surface area contributed by atoms with Crippen LogP contribution in [-0.4, -0.2) is 43.2 Å². The van der Waals surface area contributed by atoms with E-state index in [1.165, 1.54) is 6.42 Å². The smallest absolute Gasteiger partial charge is 0.317 e. The molecule has 2 fully saturated rings. The van der Waals surface area contributed by atoms with Gasteiger partial charge in [0.2, 0.25) is 0 Å². The summed E-state index contributed by atoms with van der Waals surface area (Å²) in [4.78, 5) is 14.0. The van der Waals surface area contributed by atoms with Crippen LogP contribution in [0.3, 0.4) is 0 Å². The van der Waals surface area contributed by atoms with Gasteiger partial charge in [0.15, 0.2) is 0 Å². The lowest BCUT2D eigenvalue weighted by molar-refractivity contribution is 0.165. The van der Waals surface area contributed by atoms with E-state index < -0.39 is 0 Å². The fourth-order valence-corrected chi connectivity index (χ4v) is 2.63. The van der Waals surface area contributed by atoms with Crippen molar-refractivity contribution in [1.82, 2.24) is 15.5 Å². The van der Waals surface area contributed by atoms with Gasteiger partial charge in [-0.15, -0.1) is 0 Å². The molecule has 16 heavy (non-hydrogen) atoms. The van der Waals surface area contributed by atoms with E-state index in [0.29, 0.717) is 17.9 Å². The average molecular weight is 225 g/mol. The topological polar surface area (TPSA) is 44.4 Å². The summed E-state index contributed by atoms with van der Waals surface area (Å²) in [5.41, 5.74) is 0. The van der Waals surface area contributed by atoms with Crippen molar-refractivity contribution in [3.8, 4) is 0 Å². The molecule has 4 nitrogen and oxygen atoms in total. The molecule has 2 amide bonds. The van der Waals surface area contributed by atoms with Crippen LogP contribution in [0.2, 0.25) is 0 Å². The van der Waals surface area contributed by atoms with Gasteiger partial charge in [0.05, 0.1) is 0 Å². The number of hydrogen-bond acceptors (Lipinski definition) is 2. The lowest BCUT2D eigenvalue weighted by Gasteiger charge is -2.32. The normalized spacial score (nSPS) is 35.1. The van der Waals surface area contributed by atoms with Crippen molar-refractivity contribution >= 4 is 6.03 Å². The monoisotopic (exact) mass is 225 g/mol. The number of nitrogens with one attached hydrogen (secondary N) is 2. The number of carbonyl (C=O) groups excluding carboxylic acids is 1. The van der Waals surface area contributed by atoms with Gasteiger partial charge in [-0.3, -0.25) is 0 Å². The predicted molar refractivity (Wildman–Crippen MR) is 64.3 cm³/mol. The number of piperidine rings is 1. The van der Waals surface area contributed by atoms with Gasteiger partial charge in [0.25, 0.3) is 0 Å². The first-order valence-corrected chi connectivity index (χ1v) is 6.43. The average Bonchev–Trinajstić information content (AvgIpc) is 2.64. The maximum absolute atomic E-state index is 12.0. The van der Waals surface area contributed by atoms with E-state index in [-0.39, 0.29) is 6.03 Å². The summed E-state index contributed by atoms with van der Waals surface area (Å²) in [6, 6.07) is 0.442. The van der Waals surface area contributed by atoms with Gasteiger partial charge in [-0.2, -0.15) is 0 Å². The van der Waals surface area contributed by atoms with Crippen molar-refractivity contribution in [1.29, 1.82) is 0 Å². The number of amides is 2. The second-order valence-corrected chi connectivity index (χ2v) is 5.38. The summed E-state index contributed by atoms with van der Waals surface area (Å²) < 4.78 is 0. The molecular weight excluding hydrogens is 202 g/mol. The number of carbonyl (C=O) groups is 1. The van der Waals surface area contributed by atoms with Crippen LogP contribution in [0.1, 0.15) is 26.7 Å². The van der Waals surface area contributed by atoms with Gasteiger partial charge < -0.3 is 15.5 Å². The lowest BCUT2D eigenvalue weighted by Crippen LogP contribution is -2.50. The van der Waals surface area contributed by atoms with Crippen LogP contribution < -0.4 is 10.6 Å². The molecular formula is C12H23N3O. The summed E-state index contributed by atoms with van der Waals surface area (Å²) >= 11 is 0. The maximum Gasteiger partial charge on any atom is 0.317 e. The Morgan fingerprint density at radius 1 is 1.38 bits per heavy atom. The van der Waals surface area contributed by atoms with Crippen molar-refractivity contribution in [2.45, 2.75) is 32.7 Å². The SMILES string of the molecule is CC1CCCN(C(=O)NC2CNCC2C)C1. The lowest BCUT2D eigenvalue weighted by atomic mass is 10.0. The zero-order valence-corrected chi connectivity index (χ0v) is 10.3. The molecule has 2 N–H and O–H groups in total. The van der Waals surface area contributed by atoms with E-state index in [1.807, 2.05) is 4.90 Å². The molecule has 2 aliphatic heterocycles. The van der Waals surface area contributed by atoms with Crippen molar-refractivity contribution in [2.75, 3.05) is 26.2 Å². The van der Waals surface area contributed by atoms with Gasteiger partial charge in [-0.25, -0.2) is 4.79 Å². The molecule has 92 valence electrons. The molecule has 0 aromatic heterocycles. The molecule has 3 unspecified atom stereocenters. The molecule has 0 bridgehead atoms. The number of hydrogen-bond donors (Lipinski definition) is 2. The summed E-state index contributed by atoms with van der Waals surface area (Å²) in [6.45, 7) is 8.17. The maximum atomic E-state index is 12.0. The third-order valence-electron chi connectivity index (χ3n) is 3.77. The van der Waals surface area contributed by atoms with Crippen LogP contribution >= 0.6 is 0 Å². The fourth-order valence-electron chi connectivity index (χ4n) is 2.63. The third-order valence-corrected chi connectivity index (χ3v) is 3.77. The molecule has 0 aliphatic carbocycles. The highest BCUT2D eigenvalue weighted by molar-refractivity contribution is 5.74. The standard InChI is InChI=1S/C12H23N3O/c1-9-4-3-5-15(8-9)12(16)14-11-7-13-6-10(11)2/h9-11,13H,3-8H2,1-2H3,(H,14,16). The highest BCUT2D eigenvalue weighted by Gasteiger charge is 2.27. The van der Waals surface area contributed by atoms with Gasteiger partial charge in [-0.05, 0) is 31.2 Å². The van der Waals surface area contributed by atoms with Gasteiger partial charge >= 0.3 is 6.03 Å². The Labute approximate surface area is 97.8 Å². The van der Waals surface area contributed by atoms with E-state index in [9.17, 15) is 4.79 Å². The third kappa shape index (κ3) is 2.67. The number of rotatable bonds is 1. The van der Waals surface area contributed by atoms with Crippen LogP contribution in [-0.2, 0) is 0 Å². The second kappa shape index (κ2) is 5.04. The van der Waals surface area contributed by atoms with E-state index in [0.717, 1.165) is 32.6 Å². The molecule has 0 spiro atoms. The molecule has 4 heteroatoms. The van der Waals surface area contributed by atoms with Crippen LogP contribution in [0, 0.1) is 11.8 Å². The zero-order chi connectivity index (χ0) is 11.5. The summed E-state index contributed by atoms with van der Waals surface area (Å²) in [6.07, 6.45) is 2.40. The van der Waals surface area contributed by atoms with E-state index in [2.05, 4.69) is 24.5 Å². The molecule has 0 aromatic rings. The first kappa shape index (κ1) is 11.7. The molecule has 2 heterocycles. The van der Waals surface area contributed by atoms with Gasteiger partial charge in [0.1, 0.15) is 0 Å². The molecule has 2 rings (SSSR count). The predicted octanol–water partition coefficient (Wildman–Crippen LogP) is 1.04. The van der Waals surface area contributed by atoms with Crippen molar-refractivity contribution in [3.05, 3.63) is 0 Å². The molecule has 3 atom stereocenters. The minimum absolute atomic E-state index is 0.132. The van der Waals surface area contributed by atoms with Gasteiger partial charge in [-0.1, -0.05) is 13.8 Å². The molecule has 0 radical (unpaired) electrons. The minimum Gasteiger partial charge on any atom is -0.334 e. The molecule has 0 saturated carbocycles. The summed E-state index contributed by atoms with van der Waals surface area (Å²) in [5.74, 6) is 1.20. The van der Waals surface area contributed by atoms with Crippen LogP contribution in [0.15, 0.2) is 0 Å². The van der Waals surface area contributed by atoms with Crippen molar-refractivity contribution in [2.24, 2.45) is 11.8 Å². The highest BCUT2D eigenvalue weighted by atomic mass is 16.2. The molecule has 2 aliphatic rings. The Bertz CT molecular complexity index is 257. The van der Waals surface area contributed by atoms with Gasteiger partial charge in [0, 0.05) is 25.7 Å². The quantitative estimate of drug-likeness (QED) is 0.700. The first-order valence-electron chi connectivity index (χ1n) is 6.43. The van der Waals surface area contributed by atoms with Crippen LogP contribution in [0.4, 0.5) is 4.79 Å². The summed E-state index contributed by atoms with van der Waals surface area (Å²) in [5, 5.41) is 6.45. The summed E-state index contributed by atoms with van der Waals surface area (Å²) in [7, 11) is 0. The van der Waals surface area contributed by atoms with Crippen LogP contribution in [0.25, 0.3) is 0 Å². The highest BCUT2D eigenvalue weighted by Crippen LogP contribution is 2.16. The Morgan fingerprint density at radius 3 is 2.81 bits per heavy atom. The number of likely N-dealkylation sites (tertiary alicyclic amines) is 1. The van der Waals surface area contributed by atoms with E-state index in [1.54, 1.807) is 0 Å². The molecule has 2 saturated heterocycles. The Hall–Kier alpha value is -0.770. The van der Waals surface area contributed by atoms with E-state index in [4.69, 9.17) is 0 Å². The Morgan fingerprint density at radius 2 is 2.19 bits per heavy atom. The minimum atomic E-state index is 0.132. The second-order valence-electron chi connectivity index (χ2n) is 5.38. The Kier molecular flexibility index (Phi) is 3.69. The zero-order valence-electron chi connectivity index (χ0n) is 10.3. The number of nitrogens with zero attached hydrogens (tertiary/aromatic N) is 1. The van der Waals surface area contributed by atoms with E-state index >= 15 is 0 Å². The molecule has 0 aromatic carbocycles. The van der Waals surface area contributed by atoms with Crippen molar-refractivity contribution < 1.29 is 4.79 Å². The van der Waals surface area contributed by atoms with Crippen molar-refractivity contribution in [3.63, 3.8) is 0 Å². The number of urea groups is 1.